The van der Waals surface area contributed by atoms with Crippen LogP contribution in [0.1, 0.15) is 39.0 Å². The highest BCUT2D eigenvalue weighted by atomic mass is 16.5. The lowest BCUT2D eigenvalue weighted by atomic mass is 9.98. The lowest BCUT2D eigenvalue weighted by Crippen LogP contribution is -2.55. The van der Waals surface area contributed by atoms with Crippen LogP contribution in [-0.2, 0) is 14.3 Å². The summed E-state index contributed by atoms with van der Waals surface area (Å²) in [5, 5.41) is 6.10. The molecule has 0 radical (unpaired) electrons. The number of amides is 1. The molecule has 1 aliphatic heterocycles. The summed E-state index contributed by atoms with van der Waals surface area (Å²) in [5.74, 6) is 0.0134. The summed E-state index contributed by atoms with van der Waals surface area (Å²) >= 11 is 0. The van der Waals surface area contributed by atoms with Gasteiger partial charge in [0.1, 0.15) is 6.04 Å². The Bertz CT molecular complexity index is 280. The van der Waals surface area contributed by atoms with E-state index in [4.69, 9.17) is 9.47 Å². The number of hydrogen-bond acceptors (Lipinski definition) is 4. The lowest BCUT2D eigenvalue weighted by Gasteiger charge is -2.29. The van der Waals surface area contributed by atoms with Gasteiger partial charge in [-0.25, -0.2) is 0 Å². The van der Waals surface area contributed by atoms with Crippen LogP contribution in [0, 0.1) is 0 Å². The van der Waals surface area contributed by atoms with Crippen LogP contribution in [0.4, 0.5) is 0 Å². The molecule has 1 saturated heterocycles. The van der Waals surface area contributed by atoms with E-state index in [-0.39, 0.29) is 18.1 Å². The Balaban J connectivity index is 1.58. The first-order valence-electron chi connectivity index (χ1n) is 7.51. The average molecular weight is 270 g/mol. The molecule has 19 heavy (non-hydrogen) atoms. The molecule has 2 fully saturated rings. The lowest BCUT2D eigenvalue weighted by molar-refractivity contribution is -0.129. The molecule has 1 heterocycles. The highest BCUT2D eigenvalue weighted by Gasteiger charge is 2.27. The van der Waals surface area contributed by atoms with Crippen molar-refractivity contribution in [1.29, 1.82) is 0 Å². The number of ether oxygens (including phenoxy) is 2. The van der Waals surface area contributed by atoms with Gasteiger partial charge >= 0.3 is 0 Å². The van der Waals surface area contributed by atoms with E-state index < -0.39 is 0 Å². The van der Waals surface area contributed by atoms with E-state index in [0.717, 1.165) is 6.54 Å². The SMILES string of the molecule is C[C@H]1OCCN[C@@H]1C(=O)NCCOC1CCCCC1. The molecule has 1 aliphatic carbocycles. The molecular weight excluding hydrogens is 244 g/mol. The highest BCUT2D eigenvalue weighted by molar-refractivity contribution is 5.82. The Morgan fingerprint density at radius 3 is 2.89 bits per heavy atom. The van der Waals surface area contributed by atoms with Gasteiger partial charge in [-0.15, -0.1) is 0 Å². The van der Waals surface area contributed by atoms with Crippen molar-refractivity contribution in [1.82, 2.24) is 10.6 Å². The molecule has 2 N–H and O–H groups in total. The van der Waals surface area contributed by atoms with Crippen LogP contribution in [0.15, 0.2) is 0 Å². The van der Waals surface area contributed by atoms with Crippen molar-refractivity contribution in [2.45, 2.75) is 57.3 Å². The normalized spacial score (nSPS) is 29.1. The van der Waals surface area contributed by atoms with Crippen LogP contribution in [0.3, 0.4) is 0 Å². The minimum Gasteiger partial charge on any atom is -0.376 e. The first-order chi connectivity index (χ1) is 9.27. The van der Waals surface area contributed by atoms with Crippen LogP contribution in [0.5, 0.6) is 0 Å². The van der Waals surface area contributed by atoms with E-state index in [2.05, 4.69) is 10.6 Å². The molecule has 0 spiro atoms. The van der Waals surface area contributed by atoms with Gasteiger partial charge in [-0.2, -0.15) is 0 Å². The number of carbonyl (C=O) groups excluding carboxylic acids is 1. The van der Waals surface area contributed by atoms with Gasteiger partial charge in [0.15, 0.2) is 0 Å². The van der Waals surface area contributed by atoms with Crippen molar-refractivity contribution in [2.75, 3.05) is 26.3 Å². The maximum atomic E-state index is 12.0. The smallest absolute Gasteiger partial charge is 0.239 e. The van der Waals surface area contributed by atoms with Gasteiger partial charge in [-0.05, 0) is 19.8 Å². The summed E-state index contributed by atoms with van der Waals surface area (Å²) < 4.78 is 11.2. The van der Waals surface area contributed by atoms with E-state index in [9.17, 15) is 4.79 Å². The fourth-order valence-electron chi connectivity index (χ4n) is 2.77. The summed E-state index contributed by atoms with van der Waals surface area (Å²) in [5.41, 5.74) is 0. The number of rotatable bonds is 5. The zero-order valence-corrected chi connectivity index (χ0v) is 11.8. The van der Waals surface area contributed by atoms with E-state index >= 15 is 0 Å². The van der Waals surface area contributed by atoms with Gasteiger partial charge in [0.25, 0.3) is 0 Å². The van der Waals surface area contributed by atoms with Crippen molar-refractivity contribution in [3.63, 3.8) is 0 Å². The zero-order valence-electron chi connectivity index (χ0n) is 11.8. The first kappa shape index (κ1) is 14.8. The zero-order chi connectivity index (χ0) is 13.5. The fraction of sp³-hybridized carbons (Fsp3) is 0.929. The monoisotopic (exact) mass is 270 g/mol. The Morgan fingerprint density at radius 2 is 2.16 bits per heavy atom. The summed E-state index contributed by atoms with van der Waals surface area (Å²) in [7, 11) is 0. The summed E-state index contributed by atoms with van der Waals surface area (Å²) in [6.45, 7) is 4.53. The molecule has 5 heteroatoms. The van der Waals surface area contributed by atoms with E-state index in [1.54, 1.807) is 0 Å². The van der Waals surface area contributed by atoms with E-state index in [1.807, 2.05) is 6.92 Å². The molecular formula is C14H26N2O3. The van der Waals surface area contributed by atoms with Gasteiger partial charge in [-0.1, -0.05) is 19.3 Å². The summed E-state index contributed by atoms with van der Waals surface area (Å²) in [6, 6.07) is -0.233. The Labute approximate surface area is 115 Å². The number of carbonyl (C=O) groups is 1. The van der Waals surface area contributed by atoms with Crippen molar-refractivity contribution in [3.05, 3.63) is 0 Å². The Morgan fingerprint density at radius 1 is 1.37 bits per heavy atom. The summed E-state index contributed by atoms with van der Waals surface area (Å²) in [4.78, 5) is 12.0. The second-order valence-corrected chi connectivity index (χ2v) is 5.43. The molecule has 2 aliphatic rings. The largest absolute Gasteiger partial charge is 0.376 e. The minimum absolute atomic E-state index is 0.0134. The molecule has 0 aromatic rings. The molecule has 0 unspecified atom stereocenters. The van der Waals surface area contributed by atoms with E-state index in [0.29, 0.717) is 25.9 Å². The van der Waals surface area contributed by atoms with Gasteiger partial charge in [0.2, 0.25) is 5.91 Å². The van der Waals surface area contributed by atoms with Crippen LogP contribution in [0.2, 0.25) is 0 Å². The van der Waals surface area contributed by atoms with Crippen LogP contribution in [-0.4, -0.2) is 50.5 Å². The molecule has 0 aromatic heterocycles. The Hall–Kier alpha value is -0.650. The molecule has 110 valence electrons. The Kier molecular flexibility index (Phi) is 6.07. The molecule has 1 saturated carbocycles. The van der Waals surface area contributed by atoms with Gasteiger partial charge in [-0.3, -0.25) is 4.79 Å². The molecule has 0 bridgehead atoms. The number of nitrogens with one attached hydrogen (secondary N) is 2. The van der Waals surface area contributed by atoms with E-state index in [1.165, 1.54) is 32.1 Å². The van der Waals surface area contributed by atoms with Gasteiger partial charge in [0, 0.05) is 13.1 Å². The fourth-order valence-corrected chi connectivity index (χ4v) is 2.77. The molecule has 2 atom stereocenters. The number of morpholine rings is 1. The molecule has 2 rings (SSSR count). The van der Waals surface area contributed by atoms with Crippen molar-refractivity contribution in [2.24, 2.45) is 0 Å². The molecule has 1 amide bonds. The molecule has 5 nitrogen and oxygen atoms in total. The third kappa shape index (κ3) is 4.75. The third-order valence-corrected chi connectivity index (χ3v) is 3.91. The third-order valence-electron chi connectivity index (χ3n) is 3.91. The second-order valence-electron chi connectivity index (χ2n) is 5.43. The molecule has 0 aromatic carbocycles. The highest BCUT2D eigenvalue weighted by Crippen LogP contribution is 2.19. The summed E-state index contributed by atoms with van der Waals surface area (Å²) in [6.07, 6.45) is 6.57. The predicted octanol–water partition coefficient (Wildman–Crippen LogP) is 0.829. The predicted molar refractivity (Wildman–Crippen MR) is 73.0 cm³/mol. The van der Waals surface area contributed by atoms with Crippen LogP contribution >= 0.6 is 0 Å². The standard InChI is InChI=1S/C14H26N2O3/c1-11-13(15-7-9-18-11)14(17)16-8-10-19-12-5-3-2-4-6-12/h11-13,15H,2-10H2,1H3,(H,16,17)/t11-,13+/m1/s1. The second kappa shape index (κ2) is 7.82. The van der Waals surface area contributed by atoms with Crippen LogP contribution < -0.4 is 10.6 Å². The van der Waals surface area contributed by atoms with Crippen molar-refractivity contribution >= 4 is 5.91 Å². The van der Waals surface area contributed by atoms with Gasteiger partial charge < -0.3 is 20.1 Å². The quantitative estimate of drug-likeness (QED) is 0.727. The van der Waals surface area contributed by atoms with Gasteiger partial charge in [0.05, 0.1) is 25.4 Å². The average Bonchev–Trinajstić information content (AvgIpc) is 2.45. The maximum absolute atomic E-state index is 12.0. The topological polar surface area (TPSA) is 59.6 Å². The van der Waals surface area contributed by atoms with Crippen LogP contribution in [0.25, 0.3) is 0 Å². The van der Waals surface area contributed by atoms with Crippen molar-refractivity contribution < 1.29 is 14.3 Å². The first-order valence-corrected chi connectivity index (χ1v) is 7.51. The maximum Gasteiger partial charge on any atom is 0.239 e. The van der Waals surface area contributed by atoms with Crippen molar-refractivity contribution in [3.8, 4) is 0 Å². The minimum atomic E-state index is -0.233. The number of hydrogen-bond donors (Lipinski definition) is 2.